The summed E-state index contributed by atoms with van der Waals surface area (Å²) < 4.78 is 1.86. The number of thiazole rings is 1. The van der Waals surface area contributed by atoms with E-state index in [1.165, 1.54) is 11.3 Å². The Morgan fingerprint density at radius 3 is 2.79 bits per heavy atom. The van der Waals surface area contributed by atoms with E-state index in [9.17, 15) is 9.90 Å². The first-order chi connectivity index (χ1) is 16.3. The van der Waals surface area contributed by atoms with E-state index in [-0.39, 0.29) is 11.9 Å². The summed E-state index contributed by atoms with van der Waals surface area (Å²) in [6.07, 6.45) is 5.72. The molecule has 0 radical (unpaired) electrons. The number of anilines is 2. The van der Waals surface area contributed by atoms with Gasteiger partial charge in [-0.1, -0.05) is 18.2 Å². The Labute approximate surface area is 201 Å². The topological polar surface area (TPSA) is 109 Å². The Morgan fingerprint density at radius 1 is 1.21 bits per heavy atom. The van der Waals surface area contributed by atoms with Crippen molar-refractivity contribution < 1.29 is 9.90 Å². The van der Waals surface area contributed by atoms with Crippen LogP contribution in [0.2, 0.25) is 0 Å². The van der Waals surface area contributed by atoms with Gasteiger partial charge in [0.05, 0.1) is 17.6 Å². The number of carbonyl (C=O) groups excluding carboxylic acids is 1. The van der Waals surface area contributed by atoms with Crippen LogP contribution in [0.1, 0.15) is 31.9 Å². The molecule has 0 bridgehead atoms. The lowest BCUT2D eigenvalue weighted by atomic mass is 9.91. The van der Waals surface area contributed by atoms with Gasteiger partial charge in [-0.3, -0.25) is 9.48 Å². The predicted molar refractivity (Wildman–Crippen MR) is 131 cm³/mol. The molecule has 1 aliphatic rings. The standard InChI is InChI=1S/C24H25N7O2S/c1-15(2)31-13-18(12-26-31)27-23-25-9-7-19(29-23)20-14-34-21(28-20)16-5-4-6-17(11-16)24(33)8-10-30(3)22(24)32/h4-7,9,11-15,33H,8,10H2,1-3H3,(H,25,27,29). The first-order valence-electron chi connectivity index (χ1n) is 11.0. The first kappa shape index (κ1) is 22.2. The van der Waals surface area contributed by atoms with Crippen LogP contribution < -0.4 is 5.32 Å². The van der Waals surface area contributed by atoms with E-state index in [0.29, 0.717) is 30.2 Å². The van der Waals surface area contributed by atoms with E-state index in [4.69, 9.17) is 4.98 Å². The summed E-state index contributed by atoms with van der Waals surface area (Å²) in [5, 5.41) is 21.2. The second-order valence-electron chi connectivity index (χ2n) is 8.65. The Morgan fingerprint density at radius 2 is 2.06 bits per heavy atom. The molecule has 3 aromatic heterocycles. The molecule has 4 heterocycles. The van der Waals surface area contributed by atoms with Crippen LogP contribution in [0.3, 0.4) is 0 Å². The number of hydrogen-bond donors (Lipinski definition) is 2. The summed E-state index contributed by atoms with van der Waals surface area (Å²) in [5.74, 6) is 0.188. The van der Waals surface area contributed by atoms with Crippen molar-refractivity contribution >= 4 is 28.9 Å². The lowest BCUT2D eigenvalue weighted by Gasteiger charge is -2.21. The highest BCUT2D eigenvalue weighted by Gasteiger charge is 2.45. The maximum atomic E-state index is 12.5. The number of likely N-dealkylation sites (N-methyl/N-ethyl adjacent to an activating group) is 1. The molecule has 5 rings (SSSR count). The van der Waals surface area contributed by atoms with Gasteiger partial charge in [-0.15, -0.1) is 11.3 Å². The summed E-state index contributed by atoms with van der Waals surface area (Å²) in [6, 6.07) is 9.49. The number of hydrogen-bond acceptors (Lipinski definition) is 8. The normalized spacial score (nSPS) is 18.1. The van der Waals surface area contributed by atoms with Gasteiger partial charge in [-0.05, 0) is 31.5 Å². The van der Waals surface area contributed by atoms with Crippen LogP contribution in [0.5, 0.6) is 0 Å². The summed E-state index contributed by atoms with van der Waals surface area (Å²) in [6.45, 7) is 4.66. The molecule has 0 saturated carbocycles. The molecule has 0 spiro atoms. The molecule has 9 nitrogen and oxygen atoms in total. The van der Waals surface area contributed by atoms with Crippen molar-refractivity contribution in [3.8, 4) is 22.0 Å². The monoisotopic (exact) mass is 475 g/mol. The van der Waals surface area contributed by atoms with Crippen molar-refractivity contribution in [3.05, 3.63) is 59.9 Å². The molecule has 10 heteroatoms. The Kier molecular flexibility index (Phi) is 5.62. The molecule has 34 heavy (non-hydrogen) atoms. The first-order valence-corrected chi connectivity index (χ1v) is 11.9. The van der Waals surface area contributed by atoms with Gasteiger partial charge < -0.3 is 15.3 Å². The molecular weight excluding hydrogens is 450 g/mol. The van der Waals surface area contributed by atoms with Crippen molar-refractivity contribution in [2.45, 2.75) is 31.9 Å². The van der Waals surface area contributed by atoms with Crippen LogP contribution in [0.15, 0.2) is 54.3 Å². The third-order valence-corrected chi connectivity index (χ3v) is 6.80. The van der Waals surface area contributed by atoms with Crippen molar-refractivity contribution in [2.24, 2.45) is 0 Å². The average Bonchev–Trinajstić information content (AvgIpc) is 3.57. The predicted octanol–water partition coefficient (Wildman–Crippen LogP) is 3.84. The van der Waals surface area contributed by atoms with Gasteiger partial charge in [0, 0.05) is 49.4 Å². The van der Waals surface area contributed by atoms with Gasteiger partial charge in [-0.2, -0.15) is 5.10 Å². The molecule has 4 aromatic rings. The quantitative estimate of drug-likeness (QED) is 0.436. The van der Waals surface area contributed by atoms with Crippen molar-refractivity contribution in [3.63, 3.8) is 0 Å². The molecule has 0 aliphatic carbocycles. The van der Waals surface area contributed by atoms with Crippen molar-refractivity contribution in [1.29, 1.82) is 0 Å². The lowest BCUT2D eigenvalue weighted by Crippen LogP contribution is -2.36. The minimum absolute atomic E-state index is 0.267. The zero-order chi connectivity index (χ0) is 23.9. The van der Waals surface area contributed by atoms with E-state index in [1.807, 2.05) is 40.5 Å². The molecule has 1 atom stereocenters. The second-order valence-corrected chi connectivity index (χ2v) is 9.51. The molecule has 1 saturated heterocycles. The highest BCUT2D eigenvalue weighted by molar-refractivity contribution is 7.13. The minimum Gasteiger partial charge on any atom is -0.375 e. The smallest absolute Gasteiger partial charge is 0.258 e. The Balaban J connectivity index is 1.38. The molecule has 1 aromatic carbocycles. The number of nitrogens with one attached hydrogen (secondary N) is 1. The van der Waals surface area contributed by atoms with Gasteiger partial charge in [-0.25, -0.2) is 15.0 Å². The fourth-order valence-electron chi connectivity index (χ4n) is 3.93. The van der Waals surface area contributed by atoms with Gasteiger partial charge in [0.25, 0.3) is 5.91 Å². The number of aliphatic hydroxyl groups is 1. The maximum Gasteiger partial charge on any atom is 0.258 e. The largest absolute Gasteiger partial charge is 0.375 e. The second kappa shape index (κ2) is 8.62. The van der Waals surface area contributed by atoms with E-state index in [2.05, 4.69) is 34.2 Å². The Bertz CT molecular complexity index is 1350. The number of amides is 1. The van der Waals surface area contributed by atoms with Crippen LogP contribution in [0.25, 0.3) is 22.0 Å². The fraction of sp³-hybridized carbons (Fsp3) is 0.292. The van der Waals surface area contributed by atoms with Gasteiger partial charge in [0.15, 0.2) is 5.60 Å². The molecule has 2 N–H and O–H groups in total. The van der Waals surface area contributed by atoms with E-state index < -0.39 is 5.60 Å². The lowest BCUT2D eigenvalue weighted by molar-refractivity contribution is -0.143. The van der Waals surface area contributed by atoms with Crippen molar-refractivity contribution in [1.82, 2.24) is 29.6 Å². The van der Waals surface area contributed by atoms with Crippen LogP contribution in [0, 0.1) is 0 Å². The average molecular weight is 476 g/mol. The van der Waals surface area contributed by atoms with E-state index >= 15 is 0 Å². The molecule has 174 valence electrons. The minimum atomic E-state index is -1.48. The van der Waals surface area contributed by atoms with E-state index in [0.717, 1.165) is 22.0 Å². The van der Waals surface area contributed by atoms with Crippen LogP contribution in [-0.4, -0.2) is 54.2 Å². The number of aromatic nitrogens is 5. The van der Waals surface area contributed by atoms with Crippen LogP contribution >= 0.6 is 11.3 Å². The number of rotatable bonds is 6. The summed E-state index contributed by atoms with van der Waals surface area (Å²) in [4.78, 5) is 27.7. The number of nitrogens with zero attached hydrogens (tertiary/aromatic N) is 6. The maximum absolute atomic E-state index is 12.5. The SMILES string of the molecule is CC(C)n1cc(Nc2nccc(-c3csc(-c4cccc(C5(O)CCN(C)C5=O)c4)n3)n2)cn1. The van der Waals surface area contributed by atoms with E-state index in [1.54, 1.807) is 30.4 Å². The number of benzene rings is 1. The summed E-state index contributed by atoms with van der Waals surface area (Å²) in [7, 11) is 1.71. The summed E-state index contributed by atoms with van der Waals surface area (Å²) in [5.41, 5.74) is 2.18. The van der Waals surface area contributed by atoms with Crippen LogP contribution in [-0.2, 0) is 10.4 Å². The molecular formula is C24H25N7O2S. The fourth-order valence-corrected chi connectivity index (χ4v) is 4.74. The third kappa shape index (κ3) is 4.06. The highest BCUT2D eigenvalue weighted by atomic mass is 32.1. The molecule has 1 aliphatic heterocycles. The van der Waals surface area contributed by atoms with Gasteiger partial charge >= 0.3 is 0 Å². The molecule has 1 unspecified atom stereocenters. The molecule has 1 amide bonds. The number of likely N-dealkylation sites (tertiary alicyclic amines) is 1. The zero-order valence-electron chi connectivity index (χ0n) is 19.1. The molecule has 1 fully saturated rings. The van der Waals surface area contributed by atoms with Gasteiger partial charge in [0.2, 0.25) is 5.95 Å². The summed E-state index contributed by atoms with van der Waals surface area (Å²) >= 11 is 1.48. The number of carbonyl (C=O) groups is 1. The van der Waals surface area contributed by atoms with Gasteiger partial charge in [0.1, 0.15) is 10.7 Å². The van der Waals surface area contributed by atoms with Crippen molar-refractivity contribution in [2.75, 3.05) is 18.9 Å². The highest BCUT2D eigenvalue weighted by Crippen LogP contribution is 2.36. The van der Waals surface area contributed by atoms with Crippen LogP contribution in [0.4, 0.5) is 11.6 Å². The Hall–Kier alpha value is -3.63. The zero-order valence-corrected chi connectivity index (χ0v) is 20.0. The third-order valence-electron chi connectivity index (χ3n) is 5.91.